The largest absolute Gasteiger partial charge is 0.544 e. The number of carbonyl (C=O) groups excluding carboxylic acids is 2. The van der Waals surface area contributed by atoms with Crippen LogP contribution in [0.25, 0.3) is 0 Å². The summed E-state index contributed by atoms with van der Waals surface area (Å²) >= 11 is 0. The zero-order valence-electron chi connectivity index (χ0n) is 10.8. The van der Waals surface area contributed by atoms with Gasteiger partial charge in [-0.2, -0.15) is 0 Å². The van der Waals surface area contributed by atoms with Crippen molar-refractivity contribution in [3.05, 3.63) is 0 Å². The minimum Gasteiger partial charge on any atom is -0.544 e. The van der Waals surface area contributed by atoms with E-state index >= 15 is 0 Å². The van der Waals surface area contributed by atoms with Crippen molar-refractivity contribution in [2.24, 2.45) is 0 Å². The molecule has 0 spiro atoms. The molecule has 1 fully saturated rings. The molecular formula is C10H15CuN2O8-. The van der Waals surface area contributed by atoms with Crippen LogP contribution in [0.4, 0.5) is 0 Å². The normalized spacial score (nSPS) is 15.0. The first-order valence-corrected chi connectivity index (χ1v) is 5.36. The summed E-state index contributed by atoms with van der Waals surface area (Å²) in [6, 6.07) is 0. The molecule has 1 saturated carbocycles. The molecule has 0 unspecified atom stereocenters. The second-order valence-corrected chi connectivity index (χ2v) is 4.59. The summed E-state index contributed by atoms with van der Waals surface area (Å²) in [6.07, 6.45) is 0.0202. The average molecular weight is 355 g/mol. The van der Waals surface area contributed by atoms with Crippen molar-refractivity contribution in [1.29, 1.82) is 0 Å². The second kappa shape index (κ2) is 7.36. The van der Waals surface area contributed by atoms with Gasteiger partial charge in [0, 0.05) is 29.9 Å². The van der Waals surface area contributed by atoms with Crippen LogP contribution < -0.4 is 16.4 Å². The fourth-order valence-corrected chi connectivity index (χ4v) is 2.38. The van der Waals surface area contributed by atoms with Crippen LogP contribution in [0.2, 0.25) is 0 Å². The van der Waals surface area contributed by atoms with Crippen molar-refractivity contribution < 1.29 is 61.2 Å². The number of nitrogens with zero attached hydrogens (tertiary/aromatic N) is 1. The molecule has 0 aromatic rings. The van der Waals surface area contributed by atoms with Gasteiger partial charge in [0.1, 0.15) is 13.1 Å². The van der Waals surface area contributed by atoms with Crippen LogP contribution in [0, 0.1) is 0 Å². The Labute approximate surface area is 130 Å². The molecule has 0 atom stereocenters. The molecule has 0 aromatic heterocycles. The number of rotatable bonds is 8. The number of carboxylic acid groups (broad SMARTS) is 4. The van der Waals surface area contributed by atoms with Gasteiger partial charge in [0.25, 0.3) is 0 Å². The van der Waals surface area contributed by atoms with Crippen LogP contribution in [0.15, 0.2) is 0 Å². The first kappa shape index (κ1) is 21.6. The third-order valence-electron chi connectivity index (χ3n) is 3.33. The van der Waals surface area contributed by atoms with Gasteiger partial charge in [0.05, 0.1) is 11.9 Å². The molecule has 0 amide bonds. The molecule has 125 valence electrons. The maximum absolute atomic E-state index is 11.2. The van der Waals surface area contributed by atoms with E-state index in [9.17, 15) is 29.4 Å². The minimum atomic E-state index is -1.71. The van der Waals surface area contributed by atoms with Crippen LogP contribution in [0.1, 0.15) is 12.8 Å². The van der Waals surface area contributed by atoms with E-state index < -0.39 is 53.5 Å². The number of quaternary nitrogens is 1. The quantitative estimate of drug-likeness (QED) is 0.289. The summed E-state index contributed by atoms with van der Waals surface area (Å²) in [4.78, 5) is 43.6. The topological polar surface area (TPSA) is 190 Å². The van der Waals surface area contributed by atoms with Gasteiger partial charge in [0.2, 0.25) is 0 Å². The van der Waals surface area contributed by atoms with Crippen LogP contribution in [-0.4, -0.2) is 63.7 Å². The summed E-state index contributed by atoms with van der Waals surface area (Å²) < 4.78 is -1.14. The van der Waals surface area contributed by atoms with Crippen LogP contribution in [0.3, 0.4) is 0 Å². The fraction of sp³-hybridized carbons (Fsp3) is 0.600. The smallest absolute Gasteiger partial charge is 0.365 e. The first-order valence-electron chi connectivity index (χ1n) is 5.36. The molecular weight excluding hydrogens is 340 g/mol. The molecule has 11 heteroatoms. The molecule has 0 aromatic carbocycles. The van der Waals surface area contributed by atoms with E-state index in [4.69, 9.17) is 10.2 Å². The van der Waals surface area contributed by atoms with Crippen molar-refractivity contribution in [1.82, 2.24) is 6.15 Å². The van der Waals surface area contributed by atoms with Gasteiger partial charge < -0.3 is 36.2 Å². The molecule has 21 heavy (non-hydrogen) atoms. The molecule has 0 aliphatic heterocycles. The van der Waals surface area contributed by atoms with E-state index in [2.05, 4.69) is 0 Å². The molecule has 1 aliphatic rings. The van der Waals surface area contributed by atoms with Crippen molar-refractivity contribution in [2.75, 3.05) is 19.6 Å². The van der Waals surface area contributed by atoms with E-state index in [1.807, 2.05) is 0 Å². The molecule has 10 nitrogen and oxygen atoms in total. The van der Waals surface area contributed by atoms with Gasteiger partial charge in [-0.05, 0) is 0 Å². The van der Waals surface area contributed by atoms with Gasteiger partial charge in [-0.25, -0.2) is 9.59 Å². The number of carbonyl (C=O) groups is 4. The molecule has 0 bridgehead atoms. The van der Waals surface area contributed by atoms with Crippen LogP contribution in [-0.2, 0) is 36.2 Å². The number of hydrogen-bond donors (Lipinski definition) is 3. The monoisotopic (exact) mass is 354 g/mol. The zero-order chi connectivity index (χ0) is 14.8. The van der Waals surface area contributed by atoms with Crippen molar-refractivity contribution >= 4 is 23.9 Å². The Balaban J connectivity index is 0. The summed E-state index contributed by atoms with van der Waals surface area (Å²) in [5.74, 6) is -6.34. The number of hydrogen-bond acceptors (Lipinski definition) is 7. The van der Waals surface area contributed by atoms with E-state index in [0.29, 0.717) is 0 Å². The summed E-state index contributed by atoms with van der Waals surface area (Å²) in [5.41, 5.74) is -1.71. The van der Waals surface area contributed by atoms with Gasteiger partial charge in [0.15, 0.2) is 12.1 Å². The second-order valence-electron chi connectivity index (χ2n) is 4.59. The predicted molar refractivity (Wildman–Crippen MR) is 57.1 cm³/mol. The number of aliphatic carboxylic acids is 4. The third-order valence-corrected chi connectivity index (χ3v) is 3.33. The Kier molecular flexibility index (Phi) is 7.58. The van der Waals surface area contributed by atoms with Crippen LogP contribution >= 0.6 is 0 Å². The van der Waals surface area contributed by atoms with E-state index in [0.717, 1.165) is 0 Å². The minimum absolute atomic E-state index is 0. The first-order chi connectivity index (χ1) is 8.65. The molecule has 1 radical (unpaired) electrons. The van der Waals surface area contributed by atoms with Crippen molar-refractivity contribution in [3.8, 4) is 0 Å². The van der Waals surface area contributed by atoms with E-state index in [1.165, 1.54) is 0 Å². The summed E-state index contributed by atoms with van der Waals surface area (Å²) in [7, 11) is 0. The predicted octanol–water partition coefficient (Wildman–Crippen LogP) is -3.84. The van der Waals surface area contributed by atoms with Crippen molar-refractivity contribution in [2.45, 2.75) is 18.4 Å². The molecule has 1 rings (SSSR count). The Morgan fingerprint density at radius 1 is 0.952 bits per heavy atom. The SMILES string of the molecule is N.O=C([O-])C[N+](CC(=O)[O-])(CC(=O)O)C1(C(=O)O)CC1.[Cu]. The van der Waals surface area contributed by atoms with Crippen molar-refractivity contribution in [3.63, 3.8) is 0 Å². The molecule has 1 aliphatic carbocycles. The summed E-state index contributed by atoms with van der Waals surface area (Å²) in [5, 5.41) is 39.5. The van der Waals surface area contributed by atoms with Crippen LogP contribution in [0.5, 0.6) is 0 Å². The Morgan fingerprint density at radius 2 is 1.33 bits per heavy atom. The summed E-state index contributed by atoms with van der Waals surface area (Å²) in [6.45, 7) is -2.95. The molecule has 0 heterocycles. The third kappa shape index (κ3) is 4.39. The molecule has 5 N–H and O–H groups in total. The number of carboxylic acids is 4. The Hall–Kier alpha value is -1.68. The van der Waals surface area contributed by atoms with Gasteiger partial charge in [-0.15, -0.1) is 0 Å². The van der Waals surface area contributed by atoms with Gasteiger partial charge >= 0.3 is 11.9 Å². The average Bonchev–Trinajstić information content (AvgIpc) is 2.93. The zero-order valence-corrected chi connectivity index (χ0v) is 11.8. The van der Waals surface area contributed by atoms with Gasteiger partial charge in [-0.1, -0.05) is 0 Å². The Bertz CT molecular complexity index is 408. The Morgan fingerprint density at radius 3 is 1.52 bits per heavy atom. The fourth-order valence-electron chi connectivity index (χ4n) is 2.38. The maximum Gasteiger partial charge on any atom is 0.365 e. The van der Waals surface area contributed by atoms with Gasteiger partial charge in [-0.3, -0.25) is 4.48 Å². The van der Waals surface area contributed by atoms with E-state index in [1.54, 1.807) is 0 Å². The van der Waals surface area contributed by atoms with E-state index in [-0.39, 0.29) is 36.1 Å². The molecule has 0 saturated heterocycles. The maximum atomic E-state index is 11.2. The standard InChI is InChI=1S/C10H13NO8.Cu.H3N/c12-6(13)3-11(4-7(14)15,5-8(16)17)10(1-2-10)9(18)19;;/h1-5H2,(H3-,12,13,14,15,16,17,18,19);;1H3/p-1.